The highest BCUT2D eigenvalue weighted by Gasteiger charge is 2.11. The van der Waals surface area contributed by atoms with Crippen LogP contribution in [-0.4, -0.2) is 25.7 Å². The van der Waals surface area contributed by atoms with Gasteiger partial charge >= 0.3 is 5.97 Å². The zero-order chi connectivity index (χ0) is 17.6. The number of carboxylic acids is 1. The van der Waals surface area contributed by atoms with Gasteiger partial charge in [-0.05, 0) is 30.2 Å². The zero-order valence-corrected chi connectivity index (χ0v) is 14.6. The Morgan fingerprint density at radius 1 is 1.04 bits per heavy atom. The number of aliphatic carboxylic acids is 1. The minimum atomic E-state index is -3.36. The number of hydrogen-bond acceptors (Lipinski definition) is 3. The van der Waals surface area contributed by atoms with Gasteiger partial charge in [-0.2, -0.15) is 0 Å². The quantitative estimate of drug-likeness (QED) is 0.675. The van der Waals surface area contributed by atoms with Crippen LogP contribution in [0.5, 0.6) is 0 Å². The van der Waals surface area contributed by atoms with Gasteiger partial charge in [0.15, 0.2) is 0 Å². The van der Waals surface area contributed by atoms with Crippen molar-refractivity contribution in [1.29, 1.82) is 0 Å². The minimum absolute atomic E-state index is 0.205. The van der Waals surface area contributed by atoms with Gasteiger partial charge in [0.25, 0.3) is 0 Å². The van der Waals surface area contributed by atoms with E-state index in [4.69, 9.17) is 5.11 Å². The second kappa shape index (κ2) is 8.15. The van der Waals surface area contributed by atoms with Crippen LogP contribution in [0.3, 0.4) is 0 Å². The average Bonchev–Trinajstić information content (AvgIpc) is 2.51. The fraction of sp³-hybridized carbons (Fsp3) is 0.389. The van der Waals surface area contributed by atoms with Crippen LogP contribution in [-0.2, 0) is 21.2 Å². The van der Waals surface area contributed by atoms with E-state index in [-0.39, 0.29) is 6.42 Å². The Labute approximate surface area is 142 Å². The van der Waals surface area contributed by atoms with Crippen molar-refractivity contribution in [3.8, 4) is 0 Å². The molecule has 2 rings (SSSR count). The third-order valence-corrected chi connectivity index (χ3v) is 4.46. The van der Waals surface area contributed by atoms with Crippen LogP contribution >= 0.6 is 0 Å². The summed E-state index contributed by atoms with van der Waals surface area (Å²) in [5, 5.41) is 10.5. The number of aryl methyl sites for hydroxylation is 1. The maximum atomic E-state index is 11.7. The van der Waals surface area contributed by atoms with Crippen molar-refractivity contribution in [1.82, 2.24) is 0 Å². The van der Waals surface area contributed by atoms with Gasteiger partial charge in [-0.15, -0.1) is 0 Å². The highest BCUT2D eigenvalue weighted by Crippen LogP contribution is 2.29. The molecule has 0 aromatic heterocycles. The van der Waals surface area contributed by atoms with Crippen molar-refractivity contribution in [2.24, 2.45) is 0 Å². The Kier molecular flexibility index (Phi) is 6.20. The SMILES string of the molecule is CS(=O)(=O)Nc1c(CCCCCCC(=O)O)ccc2ccccc12. The van der Waals surface area contributed by atoms with Crippen molar-refractivity contribution in [3.63, 3.8) is 0 Å². The average molecular weight is 349 g/mol. The third-order valence-electron chi connectivity index (χ3n) is 3.89. The molecule has 0 unspecified atom stereocenters. The summed E-state index contributed by atoms with van der Waals surface area (Å²) in [6, 6.07) is 11.7. The molecule has 5 nitrogen and oxygen atoms in total. The van der Waals surface area contributed by atoms with Gasteiger partial charge < -0.3 is 5.11 Å². The molecule has 0 spiro atoms. The monoisotopic (exact) mass is 349 g/mol. The highest BCUT2D eigenvalue weighted by atomic mass is 32.2. The molecule has 2 N–H and O–H groups in total. The van der Waals surface area contributed by atoms with Crippen molar-refractivity contribution < 1.29 is 18.3 Å². The van der Waals surface area contributed by atoms with Crippen molar-refractivity contribution in [2.45, 2.75) is 38.5 Å². The molecule has 0 aliphatic rings. The molecule has 2 aromatic carbocycles. The molecular weight excluding hydrogens is 326 g/mol. The topological polar surface area (TPSA) is 83.5 Å². The first-order chi connectivity index (χ1) is 11.4. The van der Waals surface area contributed by atoms with Crippen LogP contribution in [0.1, 0.15) is 37.7 Å². The van der Waals surface area contributed by atoms with Gasteiger partial charge in [0.05, 0.1) is 11.9 Å². The van der Waals surface area contributed by atoms with E-state index in [1.54, 1.807) is 0 Å². The normalized spacial score (nSPS) is 11.5. The van der Waals surface area contributed by atoms with E-state index in [0.717, 1.165) is 48.3 Å². The molecule has 0 aliphatic carbocycles. The standard InChI is InChI=1S/C18H23NO4S/c1-24(22,23)19-18-15(9-4-2-3-5-11-17(20)21)13-12-14-8-6-7-10-16(14)18/h6-8,10,12-13,19H,2-5,9,11H2,1H3,(H,20,21). The summed E-state index contributed by atoms with van der Waals surface area (Å²) in [5.74, 6) is -0.760. The van der Waals surface area contributed by atoms with E-state index in [1.165, 1.54) is 0 Å². The summed E-state index contributed by atoms with van der Waals surface area (Å²) in [6.07, 6.45) is 5.50. The molecule has 2 aromatic rings. The number of rotatable bonds is 9. The fourth-order valence-electron chi connectivity index (χ4n) is 2.78. The Hall–Kier alpha value is -2.08. The smallest absolute Gasteiger partial charge is 0.303 e. The Bertz CT molecular complexity index is 815. The lowest BCUT2D eigenvalue weighted by Crippen LogP contribution is -2.12. The molecule has 0 fully saturated rings. The number of anilines is 1. The molecule has 0 heterocycles. The van der Waals surface area contributed by atoms with Gasteiger partial charge in [-0.1, -0.05) is 49.2 Å². The summed E-state index contributed by atoms with van der Waals surface area (Å²) in [4.78, 5) is 10.5. The van der Waals surface area contributed by atoms with Crippen LogP contribution in [0.15, 0.2) is 36.4 Å². The van der Waals surface area contributed by atoms with Crippen LogP contribution < -0.4 is 4.72 Å². The fourth-order valence-corrected chi connectivity index (χ4v) is 3.39. The zero-order valence-electron chi connectivity index (χ0n) is 13.8. The lowest BCUT2D eigenvalue weighted by Gasteiger charge is -2.14. The van der Waals surface area contributed by atoms with E-state index in [0.29, 0.717) is 12.1 Å². The molecule has 130 valence electrons. The maximum Gasteiger partial charge on any atom is 0.303 e. The maximum absolute atomic E-state index is 11.7. The third kappa shape index (κ3) is 5.53. The molecule has 0 saturated heterocycles. The second-order valence-corrected chi connectivity index (χ2v) is 7.75. The second-order valence-electron chi connectivity index (χ2n) is 6.00. The number of benzene rings is 2. The van der Waals surface area contributed by atoms with Gasteiger partial charge in [0.2, 0.25) is 10.0 Å². The van der Waals surface area contributed by atoms with E-state index in [9.17, 15) is 13.2 Å². The van der Waals surface area contributed by atoms with Crippen LogP contribution in [0, 0.1) is 0 Å². The minimum Gasteiger partial charge on any atom is -0.481 e. The molecule has 0 aliphatic heterocycles. The van der Waals surface area contributed by atoms with Crippen LogP contribution in [0.4, 0.5) is 5.69 Å². The van der Waals surface area contributed by atoms with Gasteiger partial charge in [-0.3, -0.25) is 9.52 Å². The highest BCUT2D eigenvalue weighted by molar-refractivity contribution is 7.92. The van der Waals surface area contributed by atoms with Crippen molar-refractivity contribution in [2.75, 3.05) is 11.0 Å². The molecule has 0 amide bonds. The Morgan fingerprint density at radius 2 is 1.75 bits per heavy atom. The van der Waals surface area contributed by atoms with E-state index in [1.807, 2.05) is 36.4 Å². The number of sulfonamides is 1. The molecule has 0 radical (unpaired) electrons. The summed E-state index contributed by atoms with van der Waals surface area (Å²) in [7, 11) is -3.36. The first kappa shape index (κ1) is 18.3. The van der Waals surface area contributed by atoms with Gasteiger partial charge in [-0.25, -0.2) is 8.42 Å². The van der Waals surface area contributed by atoms with Crippen molar-refractivity contribution in [3.05, 3.63) is 42.0 Å². The predicted molar refractivity (Wildman–Crippen MR) is 96.8 cm³/mol. The molecular formula is C18H23NO4S. The van der Waals surface area contributed by atoms with E-state index >= 15 is 0 Å². The summed E-state index contributed by atoms with van der Waals surface area (Å²) in [5.41, 5.74) is 1.62. The van der Waals surface area contributed by atoms with Gasteiger partial charge in [0, 0.05) is 11.8 Å². The molecule has 24 heavy (non-hydrogen) atoms. The molecule has 0 saturated carbocycles. The summed E-state index contributed by atoms with van der Waals surface area (Å²) in [6.45, 7) is 0. The largest absolute Gasteiger partial charge is 0.481 e. The molecule has 6 heteroatoms. The van der Waals surface area contributed by atoms with Crippen molar-refractivity contribution >= 4 is 32.5 Å². The Balaban J connectivity index is 2.11. The van der Waals surface area contributed by atoms with Crippen LogP contribution in [0.25, 0.3) is 10.8 Å². The lowest BCUT2D eigenvalue weighted by atomic mass is 9.99. The number of unbranched alkanes of at least 4 members (excludes halogenated alkanes) is 3. The molecule has 0 bridgehead atoms. The number of fused-ring (bicyclic) bond motifs is 1. The summed E-state index contributed by atoms with van der Waals surface area (Å²) < 4.78 is 26.1. The predicted octanol–water partition coefficient (Wildman–Crippen LogP) is 3.79. The van der Waals surface area contributed by atoms with Gasteiger partial charge in [0.1, 0.15) is 0 Å². The number of nitrogens with one attached hydrogen (secondary N) is 1. The van der Waals surface area contributed by atoms with E-state index in [2.05, 4.69) is 4.72 Å². The number of carboxylic acid groups (broad SMARTS) is 1. The number of hydrogen-bond donors (Lipinski definition) is 2. The van der Waals surface area contributed by atoms with Crippen LogP contribution in [0.2, 0.25) is 0 Å². The molecule has 0 atom stereocenters. The first-order valence-electron chi connectivity index (χ1n) is 8.07. The Morgan fingerprint density at radius 3 is 2.46 bits per heavy atom. The summed E-state index contributed by atoms with van der Waals surface area (Å²) >= 11 is 0. The lowest BCUT2D eigenvalue weighted by molar-refractivity contribution is -0.137. The first-order valence-corrected chi connectivity index (χ1v) is 9.96. The van der Waals surface area contributed by atoms with E-state index < -0.39 is 16.0 Å². The number of carbonyl (C=O) groups is 1.